The normalized spacial score (nSPS) is 10.2. The Morgan fingerprint density at radius 3 is 2.44 bits per heavy atom. The van der Waals surface area contributed by atoms with Crippen molar-refractivity contribution < 1.29 is 4.74 Å². The molecule has 1 heterocycles. The molecule has 0 aliphatic heterocycles. The predicted molar refractivity (Wildman–Crippen MR) is 77.0 cm³/mol. The molecule has 0 fully saturated rings. The van der Waals surface area contributed by atoms with E-state index in [1.54, 1.807) is 13.3 Å². The van der Waals surface area contributed by atoms with Crippen molar-refractivity contribution in [3.8, 4) is 5.75 Å². The van der Waals surface area contributed by atoms with E-state index in [0.29, 0.717) is 0 Å². The third kappa shape index (κ3) is 3.23. The lowest BCUT2D eigenvalue weighted by atomic mass is 10.2. The SMILES string of the molecule is COc1ccc(CN(C)c2ccc(Br)cn2)cc1. The van der Waals surface area contributed by atoms with Gasteiger partial charge in [-0.1, -0.05) is 12.1 Å². The first-order chi connectivity index (χ1) is 8.69. The van der Waals surface area contributed by atoms with Crippen molar-refractivity contribution in [3.63, 3.8) is 0 Å². The minimum absolute atomic E-state index is 0.818. The number of methoxy groups -OCH3 is 1. The van der Waals surface area contributed by atoms with E-state index in [4.69, 9.17) is 4.74 Å². The Morgan fingerprint density at radius 1 is 1.17 bits per heavy atom. The molecule has 0 aliphatic rings. The maximum Gasteiger partial charge on any atom is 0.128 e. The molecule has 0 amide bonds. The summed E-state index contributed by atoms with van der Waals surface area (Å²) in [5.74, 6) is 1.83. The van der Waals surface area contributed by atoms with Crippen LogP contribution >= 0.6 is 15.9 Å². The third-order valence-electron chi connectivity index (χ3n) is 2.68. The number of pyridine rings is 1. The average molecular weight is 307 g/mol. The molecule has 18 heavy (non-hydrogen) atoms. The number of hydrogen-bond donors (Lipinski definition) is 0. The Hall–Kier alpha value is -1.55. The number of aromatic nitrogens is 1. The van der Waals surface area contributed by atoms with Gasteiger partial charge in [-0.05, 0) is 45.8 Å². The standard InChI is InChI=1S/C14H15BrN2O/c1-17(14-8-5-12(15)9-16-14)10-11-3-6-13(18-2)7-4-11/h3-9H,10H2,1-2H3. The number of halogens is 1. The Labute approximate surface area is 116 Å². The second kappa shape index (κ2) is 5.87. The van der Waals surface area contributed by atoms with Crippen LogP contribution in [0.2, 0.25) is 0 Å². The van der Waals surface area contributed by atoms with Gasteiger partial charge in [-0.25, -0.2) is 4.98 Å². The summed E-state index contributed by atoms with van der Waals surface area (Å²) >= 11 is 3.38. The summed E-state index contributed by atoms with van der Waals surface area (Å²) < 4.78 is 6.13. The molecule has 94 valence electrons. The van der Waals surface area contributed by atoms with Crippen LogP contribution in [0.5, 0.6) is 5.75 Å². The second-order valence-corrected chi connectivity index (χ2v) is 4.95. The van der Waals surface area contributed by atoms with E-state index in [1.165, 1.54) is 5.56 Å². The van der Waals surface area contributed by atoms with Gasteiger partial charge in [0, 0.05) is 24.3 Å². The lowest BCUT2D eigenvalue weighted by molar-refractivity contribution is 0.414. The Morgan fingerprint density at radius 2 is 1.89 bits per heavy atom. The van der Waals surface area contributed by atoms with Crippen molar-refractivity contribution in [3.05, 3.63) is 52.6 Å². The van der Waals surface area contributed by atoms with Crippen LogP contribution in [-0.4, -0.2) is 19.1 Å². The maximum atomic E-state index is 5.14. The summed E-state index contributed by atoms with van der Waals surface area (Å²) in [5, 5.41) is 0. The fraction of sp³-hybridized carbons (Fsp3) is 0.214. The van der Waals surface area contributed by atoms with Crippen LogP contribution in [0.3, 0.4) is 0 Å². The molecule has 0 saturated heterocycles. The van der Waals surface area contributed by atoms with Crippen LogP contribution in [0, 0.1) is 0 Å². The van der Waals surface area contributed by atoms with Gasteiger partial charge in [0.2, 0.25) is 0 Å². The first-order valence-electron chi connectivity index (χ1n) is 5.64. The number of anilines is 1. The van der Waals surface area contributed by atoms with Gasteiger partial charge in [0.15, 0.2) is 0 Å². The molecular formula is C14H15BrN2O. The van der Waals surface area contributed by atoms with Crippen LogP contribution in [-0.2, 0) is 6.54 Å². The number of hydrogen-bond acceptors (Lipinski definition) is 3. The molecule has 4 heteroatoms. The molecule has 3 nitrogen and oxygen atoms in total. The first kappa shape index (κ1) is 12.9. The molecule has 1 aromatic carbocycles. The van der Waals surface area contributed by atoms with Crippen molar-refractivity contribution in [1.82, 2.24) is 4.98 Å². The van der Waals surface area contributed by atoms with E-state index in [0.717, 1.165) is 22.6 Å². The maximum absolute atomic E-state index is 5.14. The van der Waals surface area contributed by atoms with Crippen LogP contribution in [0.15, 0.2) is 47.1 Å². The summed E-state index contributed by atoms with van der Waals surface area (Å²) in [4.78, 5) is 6.47. The summed E-state index contributed by atoms with van der Waals surface area (Å²) in [7, 11) is 3.70. The zero-order valence-electron chi connectivity index (χ0n) is 10.4. The summed E-state index contributed by atoms with van der Waals surface area (Å²) in [6.45, 7) is 0.818. The zero-order valence-corrected chi connectivity index (χ0v) is 12.0. The van der Waals surface area contributed by atoms with E-state index in [1.807, 2.05) is 31.3 Å². The van der Waals surface area contributed by atoms with Crippen molar-refractivity contribution >= 4 is 21.7 Å². The van der Waals surface area contributed by atoms with Gasteiger partial charge < -0.3 is 9.64 Å². The Bertz CT molecular complexity index is 496. The van der Waals surface area contributed by atoms with E-state index < -0.39 is 0 Å². The van der Waals surface area contributed by atoms with E-state index in [2.05, 4.69) is 37.9 Å². The minimum Gasteiger partial charge on any atom is -0.497 e. The molecule has 0 aliphatic carbocycles. The first-order valence-corrected chi connectivity index (χ1v) is 6.44. The molecule has 1 aromatic heterocycles. The van der Waals surface area contributed by atoms with Crippen molar-refractivity contribution in [2.24, 2.45) is 0 Å². The van der Waals surface area contributed by atoms with Crippen LogP contribution in [0.1, 0.15) is 5.56 Å². The van der Waals surface area contributed by atoms with Crippen LogP contribution in [0.25, 0.3) is 0 Å². The van der Waals surface area contributed by atoms with Crippen molar-refractivity contribution in [2.75, 3.05) is 19.1 Å². The topological polar surface area (TPSA) is 25.4 Å². The van der Waals surface area contributed by atoms with Gasteiger partial charge in [-0.2, -0.15) is 0 Å². The molecule has 0 radical (unpaired) electrons. The largest absolute Gasteiger partial charge is 0.497 e. The van der Waals surface area contributed by atoms with Gasteiger partial charge in [-0.15, -0.1) is 0 Å². The highest BCUT2D eigenvalue weighted by atomic mass is 79.9. The monoisotopic (exact) mass is 306 g/mol. The number of ether oxygens (including phenoxy) is 1. The molecule has 0 N–H and O–H groups in total. The molecule has 0 atom stereocenters. The quantitative estimate of drug-likeness (QED) is 0.864. The Kier molecular flexibility index (Phi) is 4.20. The van der Waals surface area contributed by atoms with E-state index in [-0.39, 0.29) is 0 Å². The Balaban J connectivity index is 2.05. The molecule has 0 spiro atoms. The smallest absolute Gasteiger partial charge is 0.128 e. The fourth-order valence-electron chi connectivity index (χ4n) is 1.68. The summed E-state index contributed by atoms with van der Waals surface area (Å²) in [5.41, 5.74) is 1.23. The van der Waals surface area contributed by atoms with Gasteiger partial charge in [-0.3, -0.25) is 0 Å². The highest BCUT2D eigenvalue weighted by molar-refractivity contribution is 9.10. The van der Waals surface area contributed by atoms with Gasteiger partial charge in [0.1, 0.15) is 11.6 Å². The fourth-order valence-corrected chi connectivity index (χ4v) is 1.91. The van der Waals surface area contributed by atoms with Crippen molar-refractivity contribution in [1.29, 1.82) is 0 Å². The molecule has 2 rings (SSSR count). The number of benzene rings is 1. The van der Waals surface area contributed by atoms with Crippen molar-refractivity contribution in [2.45, 2.75) is 6.54 Å². The molecule has 0 unspecified atom stereocenters. The molecule has 0 bridgehead atoms. The number of nitrogens with zero attached hydrogens (tertiary/aromatic N) is 2. The van der Waals surface area contributed by atoms with Gasteiger partial charge in [0.25, 0.3) is 0 Å². The third-order valence-corrected chi connectivity index (χ3v) is 3.15. The summed E-state index contributed by atoms with van der Waals surface area (Å²) in [6.07, 6.45) is 1.81. The minimum atomic E-state index is 0.818. The predicted octanol–water partition coefficient (Wildman–Crippen LogP) is 3.49. The van der Waals surface area contributed by atoms with Gasteiger partial charge in [0.05, 0.1) is 7.11 Å². The second-order valence-electron chi connectivity index (χ2n) is 4.04. The van der Waals surface area contributed by atoms with Gasteiger partial charge >= 0.3 is 0 Å². The van der Waals surface area contributed by atoms with Crippen LogP contribution < -0.4 is 9.64 Å². The molecule has 2 aromatic rings. The molecular weight excluding hydrogens is 292 g/mol. The van der Waals surface area contributed by atoms with E-state index >= 15 is 0 Å². The zero-order chi connectivity index (χ0) is 13.0. The summed E-state index contributed by atoms with van der Waals surface area (Å²) in [6, 6.07) is 12.1. The highest BCUT2D eigenvalue weighted by Crippen LogP contribution is 2.17. The number of rotatable bonds is 4. The lowest BCUT2D eigenvalue weighted by Gasteiger charge is -2.18. The van der Waals surface area contributed by atoms with Crippen LogP contribution in [0.4, 0.5) is 5.82 Å². The highest BCUT2D eigenvalue weighted by Gasteiger charge is 2.03. The average Bonchev–Trinajstić information content (AvgIpc) is 2.40. The lowest BCUT2D eigenvalue weighted by Crippen LogP contribution is -2.17. The molecule has 0 saturated carbocycles. The van der Waals surface area contributed by atoms with E-state index in [9.17, 15) is 0 Å².